The Morgan fingerprint density at radius 3 is 2.47 bits per heavy atom. The van der Waals surface area contributed by atoms with Crippen LogP contribution in [0.15, 0.2) is 60.8 Å². The molecule has 2 aromatic carbocycles. The molecule has 1 aliphatic rings. The van der Waals surface area contributed by atoms with Crippen LogP contribution in [0.2, 0.25) is 5.02 Å². The van der Waals surface area contributed by atoms with Crippen LogP contribution >= 0.6 is 11.6 Å². The van der Waals surface area contributed by atoms with Gasteiger partial charge in [0.15, 0.2) is 0 Å². The Labute approximate surface area is 289 Å². The highest BCUT2D eigenvalue weighted by Gasteiger charge is 2.24. The average molecular weight is 688 g/mol. The van der Waals surface area contributed by atoms with Crippen molar-refractivity contribution in [1.82, 2.24) is 19.3 Å². The lowest BCUT2D eigenvalue weighted by molar-refractivity contribution is -0.112. The van der Waals surface area contributed by atoms with E-state index in [1.807, 2.05) is 30.7 Å². The molecule has 0 aliphatic heterocycles. The van der Waals surface area contributed by atoms with Crippen molar-refractivity contribution in [2.24, 2.45) is 7.05 Å². The number of benzene rings is 2. The number of ether oxygens (including phenoxy) is 1. The van der Waals surface area contributed by atoms with Crippen LogP contribution in [-0.2, 0) is 16.6 Å². The van der Waals surface area contributed by atoms with E-state index < -0.39 is 29.0 Å². The number of aryl methyl sites for hydroxylation is 2. The normalized spacial score (nSPS) is 16.8. The van der Waals surface area contributed by atoms with E-state index >= 15 is 8.78 Å². The van der Waals surface area contributed by atoms with Gasteiger partial charge >= 0.3 is 0 Å². The smallest absolute Gasteiger partial charge is 0.248 e. The molecule has 2 N–H and O–H groups in total. The number of rotatable bonds is 10. The van der Waals surface area contributed by atoms with Gasteiger partial charge in [0, 0.05) is 55.7 Å². The Morgan fingerprint density at radius 2 is 1.80 bits per heavy atom. The van der Waals surface area contributed by atoms with Gasteiger partial charge in [-0.1, -0.05) is 37.6 Å². The predicted octanol–water partition coefficient (Wildman–Crippen LogP) is 8.13. The van der Waals surface area contributed by atoms with Crippen LogP contribution in [0.1, 0.15) is 72.9 Å². The van der Waals surface area contributed by atoms with Gasteiger partial charge in [0.05, 0.1) is 27.9 Å². The molecule has 0 bridgehead atoms. The molecule has 0 saturated heterocycles. The Hall–Kier alpha value is -4.38. The van der Waals surface area contributed by atoms with Gasteiger partial charge in [-0.25, -0.2) is 13.8 Å². The van der Waals surface area contributed by atoms with Gasteiger partial charge in [-0.15, -0.1) is 0 Å². The van der Waals surface area contributed by atoms with Gasteiger partial charge in [0.1, 0.15) is 28.7 Å². The number of halogens is 3. The van der Waals surface area contributed by atoms with E-state index in [0.717, 1.165) is 65.8 Å². The number of nitrogens with zero attached hydrogens (tertiary/aromatic N) is 3. The predicted molar refractivity (Wildman–Crippen MR) is 190 cm³/mol. The lowest BCUT2D eigenvalue weighted by Gasteiger charge is -2.27. The molecule has 8 nitrogen and oxygen atoms in total. The molecule has 0 spiro atoms. The second kappa shape index (κ2) is 14.2. The number of methoxy groups -OCH3 is 1. The molecule has 1 saturated carbocycles. The molecule has 3 heterocycles. The molecular formula is C38H40ClF2N5O3. The minimum atomic E-state index is -1.05. The van der Waals surface area contributed by atoms with Crippen LogP contribution in [0.5, 0.6) is 0 Å². The third-order valence-corrected chi connectivity index (χ3v) is 9.91. The topological polar surface area (TPSA) is 89.7 Å². The molecule has 256 valence electrons. The highest BCUT2D eigenvalue weighted by molar-refractivity contribution is 6.38. The number of hydrogen-bond acceptors (Lipinski definition) is 5. The number of hydrogen-bond donors (Lipinski definition) is 2. The molecule has 1 fully saturated rings. The average Bonchev–Trinajstić information content (AvgIpc) is 3.65. The van der Waals surface area contributed by atoms with Gasteiger partial charge in [0.2, 0.25) is 11.7 Å². The highest BCUT2D eigenvalue weighted by Crippen LogP contribution is 2.42. The van der Waals surface area contributed by atoms with E-state index in [2.05, 4.69) is 30.5 Å². The van der Waals surface area contributed by atoms with Crippen LogP contribution in [0.3, 0.4) is 0 Å². The van der Waals surface area contributed by atoms with Crippen LogP contribution in [0.25, 0.3) is 27.7 Å². The molecule has 3 aromatic heterocycles. The first kappa shape index (κ1) is 34.5. The number of nitrogens with one attached hydrogen (secondary N) is 2. The molecule has 5 aromatic rings. The van der Waals surface area contributed by atoms with Crippen LogP contribution in [0, 0.1) is 18.6 Å². The summed E-state index contributed by atoms with van der Waals surface area (Å²) >= 11 is 7.06. The van der Waals surface area contributed by atoms with Crippen molar-refractivity contribution >= 4 is 45.5 Å². The van der Waals surface area contributed by atoms with Crippen molar-refractivity contribution in [1.29, 1.82) is 0 Å². The first-order chi connectivity index (χ1) is 23.5. The second-order valence-corrected chi connectivity index (χ2v) is 13.3. The van der Waals surface area contributed by atoms with E-state index in [9.17, 15) is 9.59 Å². The van der Waals surface area contributed by atoms with Gasteiger partial charge in [-0.05, 0) is 80.5 Å². The summed E-state index contributed by atoms with van der Waals surface area (Å²) in [6.07, 6.45) is 8.80. The molecule has 0 atom stereocenters. The Kier molecular flexibility index (Phi) is 10.0. The monoisotopic (exact) mass is 687 g/mol. The third-order valence-electron chi connectivity index (χ3n) is 9.54. The van der Waals surface area contributed by atoms with Gasteiger partial charge in [0.25, 0.3) is 0 Å². The van der Waals surface area contributed by atoms with E-state index in [1.54, 1.807) is 35.9 Å². The number of pyridine rings is 1. The molecule has 1 aliphatic carbocycles. The summed E-state index contributed by atoms with van der Waals surface area (Å²) in [5.74, 6) is -2.39. The van der Waals surface area contributed by atoms with E-state index in [1.165, 1.54) is 6.08 Å². The number of ketones is 1. The Balaban J connectivity index is 1.22. The second-order valence-electron chi connectivity index (χ2n) is 12.9. The largest absolute Gasteiger partial charge is 0.381 e. The van der Waals surface area contributed by atoms with Crippen molar-refractivity contribution in [3.8, 4) is 11.1 Å². The van der Waals surface area contributed by atoms with Crippen molar-refractivity contribution < 1.29 is 23.1 Å². The molecule has 11 heteroatoms. The van der Waals surface area contributed by atoms with Crippen LogP contribution in [0.4, 0.5) is 14.5 Å². The highest BCUT2D eigenvalue weighted by atomic mass is 35.5. The zero-order valence-corrected chi connectivity index (χ0v) is 29.0. The summed E-state index contributed by atoms with van der Waals surface area (Å²) in [5.41, 5.74) is 4.39. The van der Waals surface area contributed by atoms with E-state index in [4.69, 9.17) is 21.3 Å². The van der Waals surface area contributed by atoms with Crippen molar-refractivity contribution in [2.75, 3.05) is 19.0 Å². The minimum Gasteiger partial charge on any atom is -0.381 e. The number of carbonyl (C=O) groups is 2. The maximum atomic E-state index is 15.2. The maximum Gasteiger partial charge on any atom is 0.248 e. The van der Waals surface area contributed by atoms with E-state index in [0.29, 0.717) is 34.7 Å². The minimum absolute atomic E-state index is 0.131. The molecule has 0 unspecified atom stereocenters. The quantitative estimate of drug-likeness (QED) is 0.114. The van der Waals surface area contributed by atoms with Gasteiger partial charge in [-0.2, -0.15) is 0 Å². The lowest BCUT2D eigenvalue weighted by Crippen LogP contribution is -2.35. The fraction of sp³-hybridized carbons (Fsp3) is 0.342. The molecule has 49 heavy (non-hydrogen) atoms. The van der Waals surface area contributed by atoms with Crippen molar-refractivity contribution in [2.45, 2.75) is 64.5 Å². The Morgan fingerprint density at radius 1 is 1.08 bits per heavy atom. The summed E-state index contributed by atoms with van der Waals surface area (Å²) in [6.45, 7) is 6.56. The van der Waals surface area contributed by atoms with Gasteiger partial charge < -0.3 is 24.3 Å². The van der Waals surface area contributed by atoms with E-state index in [-0.39, 0.29) is 17.2 Å². The summed E-state index contributed by atoms with van der Waals surface area (Å²) in [6, 6.07) is 11.5. The maximum absolute atomic E-state index is 15.2. The fourth-order valence-corrected chi connectivity index (χ4v) is 7.07. The summed E-state index contributed by atoms with van der Waals surface area (Å²) in [7, 11) is 3.68. The SMILES string of the molecule is COC1CCC(NC/C=C/C(=O)Nc2c(F)cc(C(=O)c3ccc4c(-c5c(C(C)C)cc6c(nc(C)n6C)c5Cl)cccn34)cc2F)CC1. The standard InChI is InChI=1S/C38H40ClF2N5O3/c1-21(2)27-20-32-37(43-22(3)45(32)4)35(39)34(27)26-8-7-17-46-30(26)14-15-31(46)38(48)23-18-28(40)36(29(41)19-23)44-33(47)9-6-16-42-24-10-12-25(49-5)13-11-24/h6-9,14-15,17-21,24-25,42H,10-13,16H2,1-5H3,(H,44,47)/b9-6+. The molecule has 0 radical (unpaired) electrons. The van der Waals surface area contributed by atoms with Crippen LogP contribution < -0.4 is 10.6 Å². The Bertz CT molecular complexity index is 2070. The summed E-state index contributed by atoms with van der Waals surface area (Å²) < 4.78 is 39.5. The number of imidazole rings is 1. The number of anilines is 1. The number of carbonyl (C=O) groups excluding carboxylic acids is 2. The zero-order valence-electron chi connectivity index (χ0n) is 28.2. The molecular weight excluding hydrogens is 648 g/mol. The molecule has 6 rings (SSSR count). The first-order valence-corrected chi connectivity index (χ1v) is 16.9. The number of aromatic nitrogens is 3. The fourth-order valence-electron chi connectivity index (χ4n) is 6.72. The third kappa shape index (κ3) is 6.77. The van der Waals surface area contributed by atoms with Crippen LogP contribution in [-0.4, -0.2) is 51.4 Å². The first-order valence-electron chi connectivity index (χ1n) is 16.5. The lowest BCUT2D eigenvalue weighted by atomic mass is 9.91. The zero-order chi connectivity index (χ0) is 35.0. The van der Waals surface area contributed by atoms with Crippen molar-refractivity contribution in [3.63, 3.8) is 0 Å². The van der Waals surface area contributed by atoms with Crippen molar-refractivity contribution in [3.05, 3.63) is 100 Å². The summed E-state index contributed by atoms with van der Waals surface area (Å²) in [5, 5.41) is 6.15. The van der Waals surface area contributed by atoms with Gasteiger partial charge in [-0.3, -0.25) is 9.59 Å². The molecule has 1 amide bonds. The number of fused-ring (bicyclic) bond motifs is 2. The number of amides is 1. The summed E-state index contributed by atoms with van der Waals surface area (Å²) in [4.78, 5) is 30.9.